The molecule has 4 aliphatic rings. The van der Waals surface area contributed by atoms with Crippen molar-refractivity contribution in [3.63, 3.8) is 0 Å². The highest BCUT2D eigenvalue weighted by atomic mass is 16.7. The van der Waals surface area contributed by atoms with E-state index < -0.39 is 0 Å². The van der Waals surface area contributed by atoms with Gasteiger partial charge in [-0.2, -0.15) is 0 Å². The number of hydrogen-bond donors (Lipinski definition) is 0. The first-order valence-corrected chi connectivity index (χ1v) is 13.8. The summed E-state index contributed by atoms with van der Waals surface area (Å²) in [5.74, 6) is 3.20. The lowest BCUT2D eigenvalue weighted by atomic mass is 9.53. The standard InChI is InChI=1S/C30H36O3.C2H6/c1-3-7-23-19-30(32-16-17-33-30)29(2)15-14-26-25-13-11-24(31-20-21-8-5-4-6-9-21)18-22(25)10-12-27(26)28(23)29;1-2/h3-6,8-9,11,13,18,23,26-28H,1,7,10,12,14-17,19-20H2,2H3;1-2H3. The minimum absolute atomic E-state index is 0.106. The zero-order chi connectivity index (χ0) is 24.5. The number of fused-ring (bicyclic) bond motifs is 6. The van der Waals surface area contributed by atoms with Gasteiger partial charge in [0.15, 0.2) is 5.79 Å². The summed E-state index contributed by atoms with van der Waals surface area (Å²) in [7, 11) is 0. The zero-order valence-electron chi connectivity index (χ0n) is 21.8. The molecule has 3 fully saturated rings. The Morgan fingerprint density at radius 2 is 1.83 bits per heavy atom. The van der Waals surface area contributed by atoms with Crippen molar-refractivity contribution in [3.8, 4) is 5.75 Å². The van der Waals surface area contributed by atoms with Crippen LogP contribution in [0.5, 0.6) is 5.75 Å². The molecule has 2 aromatic rings. The number of ether oxygens (including phenoxy) is 3. The van der Waals surface area contributed by atoms with Gasteiger partial charge < -0.3 is 14.2 Å². The number of aryl methyl sites for hydroxylation is 1. The highest BCUT2D eigenvalue weighted by molar-refractivity contribution is 5.41. The van der Waals surface area contributed by atoms with Gasteiger partial charge in [0.05, 0.1) is 13.2 Å². The third-order valence-electron chi connectivity index (χ3n) is 9.33. The summed E-state index contributed by atoms with van der Waals surface area (Å²) in [6.45, 7) is 12.7. The van der Waals surface area contributed by atoms with E-state index >= 15 is 0 Å². The molecular formula is C32H42O3. The van der Waals surface area contributed by atoms with Crippen LogP contribution in [0.2, 0.25) is 0 Å². The monoisotopic (exact) mass is 474 g/mol. The lowest BCUT2D eigenvalue weighted by Gasteiger charge is -2.53. The third kappa shape index (κ3) is 4.15. The maximum absolute atomic E-state index is 6.41. The summed E-state index contributed by atoms with van der Waals surface area (Å²) < 4.78 is 19.0. The van der Waals surface area contributed by atoms with E-state index in [0.717, 1.165) is 38.2 Å². The van der Waals surface area contributed by atoms with Crippen LogP contribution < -0.4 is 4.74 Å². The van der Waals surface area contributed by atoms with E-state index in [0.29, 0.717) is 30.3 Å². The van der Waals surface area contributed by atoms with Crippen LogP contribution >= 0.6 is 0 Å². The number of benzene rings is 2. The second-order valence-electron chi connectivity index (χ2n) is 10.9. The molecule has 0 N–H and O–H groups in total. The predicted octanol–water partition coefficient (Wildman–Crippen LogP) is 7.69. The van der Waals surface area contributed by atoms with E-state index in [1.807, 2.05) is 19.9 Å². The number of allylic oxidation sites excluding steroid dienone is 1. The zero-order valence-corrected chi connectivity index (χ0v) is 21.8. The highest BCUT2D eigenvalue weighted by Gasteiger charge is 2.68. The van der Waals surface area contributed by atoms with Crippen LogP contribution in [0.4, 0.5) is 0 Å². The van der Waals surface area contributed by atoms with Crippen LogP contribution in [0.15, 0.2) is 61.2 Å². The first-order chi connectivity index (χ1) is 17.1. The van der Waals surface area contributed by atoms with E-state index in [9.17, 15) is 0 Å². The van der Waals surface area contributed by atoms with Crippen LogP contribution in [-0.4, -0.2) is 19.0 Å². The van der Waals surface area contributed by atoms with Crippen molar-refractivity contribution < 1.29 is 14.2 Å². The van der Waals surface area contributed by atoms with Crippen molar-refractivity contribution in [1.82, 2.24) is 0 Å². The maximum atomic E-state index is 6.41. The maximum Gasteiger partial charge on any atom is 0.174 e. The molecule has 3 aliphatic carbocycles. The smallest absolute Gasteiger partial charge is 0.174 e. The second-order valence-corrected chi connectivity index (χ2v) is 10.9. The van der Waals surface area contributed by atoms with Gasteiger partial charge in [0.1, 0.15) is 12.4 Å². The number of rotatable bonds is 5. The molecule has 0 radical (unpaired) electrons. The molecule has 2 aromatic carbocycles. The molecular weight excluding hydrogens is 432 g/mol. The van der Waals surface area contributed by atoms with E-state index in [4.69, 9.17) is 14.2 Å². The molecule has 2 saturated carbocycles. The largest absolute Gasteiger partial charge is 0.489 e. The molecule has 3 heteroatoms. The molecule has 5 atom stereocenters. The average Bonchev–Trinajstić information content (AvgIpc) is 3.47. The molecule has 3 nitrogen and oxygen atoms in total. The Kier molecular flexibility index (Phi) is 7.10. The lowest BCUT2D eigenvalue weighted by molar-refractivity contribution is -0.237. The molecule has 188 valence electrons. The molecule has 5 unspecified atom stereocenters. The predicted molar refractivity (Wildman–Crippen MR) is 142 cm³/mol. The Bertz CT molecular complexity index is 1010. The van der Waals surface area contributed by atoms with Gasteiger partial charge in [-0.3, -0.25) is 0 Å². The Labute approximate surface area is 211 Å². The van der Waals surface area contributed by atoms with Crippen molar-refractivity contribution >= 4 is 0 Å². The summed E-state index contributed by atoms with van der Waals surface area (Å²) in [6, 6.07) is 17.3. The highest BCUT2D eigenvalue weighted by Crippen LogP contribution is 2.68. The Hall–Kier alpha value is -2.10. The third-order valence-corrected chi connectivity index (χ3v) is 9.33. The SMILES string of the molecule is C=CCC1CC2(OCCO2)C2(C)CCC3c4ccc(OCc5ccccc5)cc4CCC3C12.CC. The van der Waals surface area contributed by atoms with Crippen molar-refractivity contribution in [3.05, 3.63) is 77.9 Å². The van der Waals surface area contributed by atoms with Gasteiger partial charge in [-0.1, -0.05) is 63.2 Å². The van der Waals surface area contributed by atoms with Crippen LogP contribution in [0.3, 0.4) is 0 Å². The van der Waals surface area contributed by atoms with Gasteiger partial charge in [0.2, 0.25) is 0 Å². The molecule has 1 saturated heterocycles. The molecule has 1 spiro atoms. The number of hydrogen-bond acceptors (Lipinski definition) is 3. The average molecular weight is 475 g/mol. The first kappa shape index (κ1) is 24.6. The van der Waals surface area contributed by atoms with Gasteiger partial charge in [0, 0.05) is 11.8 Å². The molecule has 1 heterocycles. The Balaban J connectivity index is 0.00000124. The molecule has 6 rings (SSSR count). The summed E-state index contributed by atoms with van der Waals surface area (Å²) in [5.41, 5.74) is 4.37. The van der Waals surface area contributed by atoms with Crippen LogP contribution in [-0.2, 0) is 22.5 Å². The quantitative estimate of drug-likeness (QED) is 0.416. The van der Waals surface area contributed by atoms with E-state index in [1.165, 1.54) is 30.4 Å². The summed E-state index contributed by atoms with van der Waals surface area (Å²) in [6.07, 6.45) is 9.02. The minimum atomic E-state index is -0.369. The molecule has 35 heavy (non-hydrogen) atoms. The molecule has 0 bridgehead atoms. The van der Waals surface area contributed by atoms with E-state index in [-0.39, 0.29) is 11.2 Å². The van der Waals surface area contributed by atoms with Crippen molar-refractivity contribution in [2.75, 3.05) is 13.2 Å². The van der Waals surface area contributed by atoms with Crippen molar-refractivity contribution in [2.45, 2.75) is 77.6 Å². The fraction of sp³-hybridized carbons (Fsp3) is 0.562. The Morgan fingerprint density at radius 3 is 2.57 bits per heavy atom. The topological polar surface area (TPSA) is 27.7 Å². The van der Waals surface area contributed by atoms with Gasteiger partial charge >= 0.3 is 0 Å². The molecule has 0 aromatic heterocycles. The van der Waals surface area contributed by atoms with E-state index in [1.54, 1.807) is 5.56 Å². The van der Waals surface area contributed by atoms with Crippen molar-refractivity contribution in [1.29, 1.82) is 0 Å². The normalized spacial score (nSPS) is 32.1. The van der Waals surface area contributed by atoms with Crippen LogP contribution in [0, 0.1) is 23.2 Å². The van der Waals surface area contributed by atoms with Gasteiger partial charge in [0.25, 0.3) is 0 Å². The van der Waals surface area contributed by atoms with Gasteiger partial charge in [-0.05, 0) is 84.6 Å². The molecule has 1 aliphatic heterocycles. The minimum Gasteiger partial charge on any atom is -0.489 e. The summed E-state index contributed by atoms with van der Waals surface area (Å²) in [4.78, 5) is 0. The fourth-order valence-corrected chi connectivity index (χ4v) is 8.00. The first-order valence-electron chi connectivity index (χ1n) is 13.8. The Morgan fingerprint density at radius 1 is 1.06 bits per heavy atom. The fourth-order valence-electron chi connectivity index (χ4n) is 8.00. The van der Waals surface area contributed by atoms with E-state index in [2.05, 4.69) is 62.0 Å². The van der Waals surface area contributed by atoms with Gasteiger partial charge in [-0.15, -0.1) is 6.58 Å². The van der Waals surface area contributed by atoms with Crippen LogP contribution in [0.1, 0.15) is 75.5 Å². The second kappa shape index (κ2) is 10.1. The lowest BCUT2D eigenvalue weighted by Crippen LogP contribution is -2.51. The van der Waals surface area contributed by atoms with Crippen LogP contribution in [0.25, 0.3) is 0 Å². The summed E-state index contributed by atoms with van der Waals surface area (Å²) in [5, 5.41) is 0. The van der Waals surface area contributed by atoms with Crippen molar-refractivity contribution in [2.24, 2.45) is 23.2 Å². The van der Waals surface area contributed by atoms with Gasteiger partial charge in [-0.25, -0.2) is 0 Å². The molecule has 0 amide bonds. The summed E-state index contributed by atoms with van der Waals surface area (Å²) >= 11 is 0.